The van der Waals surface area contributed by atoms with Crippen LogP contribution in [0.4, 0.5) is 17.1 Å². The van der Waals surface area contributed by atoms with Gasteiger partial charge in [-0.15, -0.1) is 0 Å². The largest absolute Gasteiger partial charge is 0.455 e. The molecule has 0 N–H and O–H groups in total. The van der Waals surface area contributed by atoms with Gasteiger partial charge in [0.05, 0.1) is 11.1 Å². The maximum atomic E-state index is 7.25. The lowest BCUT2D eigenvalue weighted by Gasteiger charge is -2.32. The maximum absolute atomic E-state index is 7.25. The smallest absolute Gasteiger partial charge is 0.144 e. The molecule has 0 amide bonds. The number of para-hydroxylation sites is 3. The van der Waals surface area contributed by atoms with Crippen molar-refractivity contribution in [3.8, 4) is 44.5 Å². The van der Waals surface area contributed by atoms with E-state index in [-0.39, 0.29) is 0 Å². The fourth-order valence-corrected chi connectivity index (χ4v) is 12.1. The lowest BCUT2D eigenvalue weighted by molar-refractivity contribution is 0.665. The van der Waals surface area contributed by atoms with E-state index in [1.54, 1.807) is 0 Å². The van der Waals surface area contributed by atoms with Gasteiger partial charge in [-0.2, -0.15) is 0 Å². The fourth-order valence-electron chi connectivity index (χ4n) is 12.1. The normalized spacial score (nSPS) is 13.1. The molecule has 11 aromatic carbocycles. The van der Waals surface area contributed by atoms with Crippen LogP contribution in [0.25, 0.3) is 99.2 Å². The Kier molecular flexibility index (Phi) is 7.71. The number of hydrogen-bond acceptors (Lipinski definition) is 3. The Hall–Kier alpha value is -8.92. The van der Waals surface area contributed by atoms with Gasteiger partial charge in [-0.05, 0) is 103 Å². The number of anilines is 3. The highest BCUT2D eigenvalue weighted by Gasteiger charge is 2.51. The van der Waals surface area contributed by atoms with Crippen molar-refractivity contribution in [1.29, 1.82) is 0 Å². The minimum absolute atomic E-state index is 0.483. The second-order valence-corrected chi connectivity index (χ2v) is 18.2. The van der Waals surface area contributed by atoms with Gasteiger partial charge in [-0.3, -0.25) is 0 Å². The monoisotopic (exact) mass is 865 g/mol. The van der Waals surface area contributed by atoms with Crippen molar-refractivity contribution < 1.29 is 8.83 Å². The molecule has 1 spiro atoms. The lowest BCUT2D eigenvalue weighted by Crippen LogP contribution is -2.26. The molecule has 2 aliphatic carbocycles. The molecule has 2 aliphatic rings. The highest BCUT2D eigenvalue weighted by molar-refractivity contribution is 6.22. The zero-order chi connectivity index (χ0) is 44.5. The Morgan fingerprint density at radius 3 is 1.62 bits per heavy atom. The van der Waals surface area contributed by atoms with Gasteiger partial charge in [0.2, 0.25) is 0 Å². The molecule has 68 heavy (non-hydrogen) atoms. The van der Waals surface area contributed by atoms with E-state index in [1.807, 2.05) is 12.1 Å². The summed E-state index contributed by atoms with van der Waals surface area (Å²) in [4.78, 5) is 2.44. The molecule has 3 nitrogen and oxygen atoms in total. The number of fused-ring (bicyclic) bond motifs is 17. The topological polar surface area (TPSA) is 29.5 Å². The van der Waals surface area contributed by atoms with Crippen LogP contribution < -0.4 is 4.90 Å². The average molecular weight is 866 g/mol. The average Bonchev–Trinajstić information content (AvgIpc) is 4.14. The van der Waals surface area contributed by atoms with Gasteiger partial charge < -0.3 is 13.7 Å². The number of hydrogen-bond donors (Lipinski definition) is 0. The fraction of sp³-hybridized carbons (Fsp3) is 0.0154. The minimum Gasteiger partial charge on any atom is -0.455 e. The molecule has 13 aromatic rings. The predicted molar refractivity (Wildman–Crippen MR) is 280 cm³/mol. The van der Waals surface area contributed by atoms with Gasteiger partial charge in [-0.1, -0.05) is 188 Å². The first kappa shape index (κ1) is 37.3. The van der Waals surface area contributed by atoms with Crippen LogP contribution in [0.3, 0.4) is 0 Å². The van der Waals surface area contributed by atoms with Crippen LogP contribution in [-0.4, -0.2) is 0 Å². The highest BCUT2D eigenvalue weighted by Crippen LogP contribution is 2.63. The van der Waals surface area contributed by atoms with Gasteiger partial charge in [0.25, 0.3) is 0 Å². The summed E-state index contributed by atoms with van der Waals surface area (Å²) in [7, 11) is 0. The van der Waals surface area contributed by atoms with E-state index in [2.05, 4.69) is 229 Å². The van der Waals surface area contributed by atoms with Crippen LogP contribution in [0, 0.1) is 0 Å². The van der Waals surface area contributed by atoms with Crippen molar-refractivity contribution in [1.82, 2.24) is 0 Å². The van der Waals surface area contributed by atoms with Gasteiger partial charge in [0.1, 0.15) is 22.3 Å². The number of nitrogens with zero attached hydrogens (tertiary/aromatic N) is 1. The summed E-state index contributed by atoms with van der Waals surface area (Å²) in [6.07, 6.45) is 0. The Labute approximate surface area is 392 Å². The molecule has 2 heterocycles. The quantitative estimate of drug-likeness (QED) is 0.173. The first-order chi connectivity index (χ1) is 33.7. The molecule has 0 aliphatic heterocycles. The number of furan rings is 2. The van der Waals surface area contributed by atoms with Crippen molar-refractivity contribution in [3.05, 3.63) is 259 Å². The van der Waals surface area contributed by atoms with Crippen LogP contribution in [0.15, 0.2) is 245 Å². The Morgan fingerprint density at radius 1 is 0.309 bits per heavy atom. The summed E-state index contributed by atoms with van der Waals surface area (Å²) in [5.74, 6) is 0. The second kappa shape index (κ2) is 14.0. The zero-order valence-electron chi connectivity index (χ0n) is 36.8. The third-order valence-electron chi connectivity index (χ3n) is 14.9. The zero-order valence-corrected chi connectivity index (χ0v) is 36.8. The molecule has 0 bridgehead atoms. The third-order valence-corrected chi connectivity index (χ3v) is 14.9. The predicted octanol–water partition coefficient (Wildman–Crippen LogP) is 17.8. The SMILES string of the molecule is c1ccc(-c2ccccc2N(c2ccc3c(c2)C2(c4ccccc4-c4ccccc42)c2ccccc2-3)c2ccc3c(c2)oc2c(-c4cccc5c4oc4ccccc45)c4ccccc4cc23)cc1. The molecular formula is C65H39NO2. The van der Waals surface area contributed by atoms with Gasteiger partial charge in [0, 0.05) is 55.7 Å². The molecule has 0 radical (unpaired) electrons. The van der Waals surface area contributed by atoms with Crippen LogP contribution in [0.5, 0.6) is 0 Å². The van der Waals surface area contributed by atoms with E-state index in [0.29, 0.717) is 0 Å². The van der Waals surface area contributed by atoms with Crippen LogP contribution >= 0.6 is 0 Å². The summed E-state index contributed by atoms with van der Waals surface area (Å²) in [6.45, 7) is 0. The molecule has 0 saturated heterocycles. The lowest BCUT2D eigenvalue weighted by atomic mass is 9.70. The summed E-state index contributed by atoms with van der Waals surface area (Å²) >= 11 is 0. The Balaban J connectivity index is 0.993. The highest BCUT2D eigenvalue weighted by atomic mass is 16.3. The molecule has 0 unspecified atom stereocenters. The standard InChI is InChI=1S/C65H39NO2/c1-2-17-40(18-3-1)44-20-9-14-31-59(44)66(42-33-35-49-48-24-8-13-30-57(48)65(58(49)38-42)55-28-11-6-22-46(55)47-23-7-12-29-56(47)65)43-34-36-51-54-37-41-19-4-5-21-45(41)62(64(54)68-61(51)39-43)53-27-16-26-52-50-25-10-15-32-60(50)67-63(52)53/h1-39H. The molecular weight excluding hydrogens is 827 g/mol. The van der Waals surface area contributed by atoms with Crippen molar-refractivity contribution in [2.24, 2.45) is 0 Å². The van der Waals surface area contributed by atoms with E-state index in [0.717, 1.165) is 94.0 Å². The van der Waals surface area contributed by atoms with Crippen LogP contribution in [0.1, 0.15) is 22.3 Å². The van der Waals surface area contributed by atoms with E-state index < -0.39 is 5.41 Å². The summed E-state index contributed by atoms with van der Waals surface area (Å²) in [6, 6.07) is 86.2. The first-order valence-corrected chi connectivity index (χ1v) is 23.4. The number of rotatable bonds is 5. The maximum Gasteiger partial charge on any atom is 0.144 e. The third kappa shape index (κ3) is 5.02. The van der Waals surface area contributed by atoms with E-state index in [4.69, 9.17) is 8.83 Å². The molecule has 15 rings (SSSR count). The minimum atomic E-state index is -0.483. The number of benzene rings is 11. The molecule has 0 fully saturated rings. The van der Waals surface area contributed by atoms with E-state index >= 15 is 0 Å². The summed E-state index contributed by atoms with van der Waals surface area (Å²) < 4.78 is 13.9. The van der Waals surface area contributed by atoms with E-state index in [1.165, 1.54) is 44.5 Å². The first-order valence-electron chi connectivity index (χ1n) is 23.4. The van der Waals surface area contributed by atoms with Crippen LogP contribution in [0.2, 0.25) is 0 Å². The Bertz CT molecular complexity index is 4170. The van der Waals surface area contributed by atoms with Crippen molar-refractivity contribution in [2.45, 2.75) is 5.41 Å². The van der Waals surface area contributed by atoms with Crippen molar-refractivity contribution >= 4 is 71.7 Å². The van der Waals surface area contributed by atoms with Gasteiger partial charge >= 0.3 is 0 Å². The molecule has 0 saturated carbocycles. The molecule has 316 valence electrons. The van der Waals surface area contributed by atoms with Gasteiger partial charge in [0.15, 0.2) is 0 Å². The van der Waals surface area contributed by atoms with E-state index in [9.17, 15) is 0 Å². The second-order valence-electron chi connectivity index (χ2n) is 18.2. The molecule has 3 heteroatoms. The summed E-state index contributed by atoms with van der Waals surface area (Å²) in [5.41, 5.74) is 20.8. The summed E-state index contributed by atoms with van der Waals surface area (Å²) in [5, 5.41) is 6.60. The van der Waals surface area contributed by atoms with Crippen molar-refractivity contribution in [3.63, 3.8) is 0 Å². The Morgan fingerprint density at radius 2 is 0.853 bits per heavy atom. The molecule has 0 atom stereocenters. The molecule has 2 aromatic heterocycles. The van der Waals surface area contributed by atoms with Crippen LogP contribution in [-0.2, 0) is 5.41 Å². The van der Waals surface area contributed by atoms with Gasteiger partial charge in [-0.25, -0.2) is 0 Å². The van der Waals surface area contributed by atoms with Crippen molar-refractivity contribution in [2.75, 3.05) is 4.90 Å².